The number of nitrogens with zero attached hydrogens (tertiary/aromatic N) is 1. The molecule has 7 heteroatoms. The van der Waals surface area contributed by atoms with E-state index in [1.165, 1.54) is 4.31 Å². The van der Waals surface area contributed by atoms with E-state index in [2.05, 4.69) is 5.32 Å². The molecule has 1 aromatic carbocycles. The van der Waals surface area contributed by atoms with Crippen LogP contribution >= 0.6 is 0 Å². The lowest BCUT2D eigenvalue weighted by Gasteiger charge is -2.31. The summed E-state index contributed by atoms with van der Waals surface area (Å²) in [6, 6.07) is 5.80. The molecule has 0 aliphatic rings. The zero-order valence-corrected chi connectivity index (χ0v) is 16.1. The van der Waals surface area contributed by atoms with Crippen molar-refractivity contribution in [2.45, 2.75) is 46.2 Å². The van der Waals surface area contributed by atoms with Crippen LogP contribution in [0, 0.1) is 5.92 Å². The molecule has 0 heterocycles. The summed E-state index contributed by atoms with van der Waals surface area (Å²) in [4.78, 5) is 12.6. The Labute approximate surface area is 145 Å². The minimum Gasteiger partial charge on any atom is -0.497 e. The fourth-order valence-electron chi connectivity index (χ4n) is 2.28. The fourth-order valence-corrected chi connectivity index (χ4v) is 3.49. The van der Waals surface area contributed by atoms with Gasteiger partial charge in [0.25, 0.3) is 0 Å². The van der Waals surface area contributed by atoms with Gasteiger partial charge in [0, 0.05) is 6.04 Å². The minimum atomic E-state index is -3.62. The number of hydrogen-bond acceptors (Lipinski definition) is 4. The van der Waals surface area contributed by atoms with Gasteiger partial charge in [0.15, 0.2) is 0 Å². The number of benzene rings is 1. The predicted octanol–water partition coefficient (Wildman–Crippen LogP) is 2.40. The van der Waals surface area contributed by atoms with Crippen LogP contribution in [0.4, 0.5) is 5.69 Å². The molecule has 0 fully saturated rings. The highest BCUT2D eigenvalue weighted by Gasteiger charge is 2.32. The monoisotopic (exact) mass is 356 g/mol. The van der Waals surface area contributed by atoms with Gasteiger partial charge >= 0.3 is 0 Å². The smallest absolute Gasteiger partial charge is 0.244 e. The van der Waals surface area contributed by atoms with Crippen molar-refractivity contribution in [2.24, 2.45) is 5.92 Å². The van der Waals surface area contributed by atoms with Crippen molar-refractivity contribution >= 4 is 21.6 Å². The lowest BCUT2D eigenvalue weighted by atomic mass is 10.1. The summed E-state index contributed by atoms with van der Waals surface area (Å²) in [5.41, 5.74) is 0.442. The van der Waals surface area contributed by atoms with Gasteiger partial charge in [-0.25, -0.2) is 8.42 Å². The molecule has 1 aromatic rings. The molecular formula is C17H28N2O4S. The Morgan fingerprint density at radius 3 is 2.12 bits per heavy atom. The first-order chi connectivity index (χ1) is 11.1. The van der Waals surface area contributed by atoms with Crippen molar-refractivity contribution in [3.8, 4) is 5.75 Å². The average molecular weight is 356 g/mol. The summed E-state index contributed by atoms with van der Waals surface area (Å²) in [6.45, 7) is 7.72. The molecule has 0 radical (unpaired) electrons. The first-order valence-electron chi connectivity index (χ1n) is 8.05. The second-order valence-corrected chi connectivity index (χ2v) is 8.08. The fraction of sp³-hybridized carbons (Fsp3) is 0.588. The van der Waals surface area contributed by atoms with Gasteiger partial charge in [-0.1, -0.05) is 20.8 Å². The van der Waals surface area contributed by atoms with E-state index in [4.69, 9.17) is 4.74 Å². The molecule has 0 aliphatic heterocycles. The maximum absolute atomic E-state index is 12.6. The van der Waals surface area contributed by atoms with Crippen LogP contribution in [-0.2, 0) is 14.8 Å². The molecule has 2 atom stereocenters. The van der Waals surface area contributed by atoms with Crippen LogP contribution in [0.2, 0.25) is 0 Å². The van der Waals surface area contributed by atoms with Crippen LogP contribution in [0.1, 0.15) is 34.1 Å². The van der Waals surface area contributed by atoms with E-state index >= 15 is 0 Å². The van der Waals surface area contributed by atoms with Crippen LogP contribution < -0.4 is 14.4 Å². The van der Waals surface area contributed by atoms with E-state index in [0.717, 1.165) is 6.26 Å². The van der Waals surface area contributed by atoms with E-state index in [1.807, 2.05) is 20.8 Å². The van der Waals surface area contributed by atoms with E-state index in [0.29, 0.717) is 17.9 Å². The summed E-state index contributed by atoms with van der Waals surface area (Å²) in [5, 5.41) is 2.91. The molecule has 136 valence electrons. The van der Waals surface area contributed by atoms with Crippen LogP contribution in [0.5, 0.6) is 5.75 Å². The molecule has 1 N–H and O–H groups in total. The lowest BCUT2D eigenvalue weighted by Crippen LogP contribution is -2.51. The highest BCUT2D eigenvalue weighted by molar-refractivity contribution is 7.92. The van der Waals surface area contributed by atoms with Crippen molar-refractivity contribution in [2.75, 3.05) is 17.7 Å². The number of amides is 1. The summed E-state index contributed by atoms with van der Waals surface area (Å²) in [5.74, 6) is 0.595. The summed E-state index contributed by atoms with van der Waals surface area (Å²) >= 11 is 0. The number of rotatable bonds is 8. The van der Waals surface area contributed by atoms with Gasteiger partial charge in [-0.3, -0.25) is 9.10 Å². The second kappa shape index (κ2) is 8.37. The van der Waals surface area contributed by atoms with Gasteiger partial charge in [-0.05, 0) is 43.5 Å². The zero-order chi connectivity index (χ0) is 18.5. The molecule has 0 aromatic heterocycles. The number of carbonyl (C=O) groups is 1. The molecule has 24 heavy (non-hydrogen) atoms. The predicted molar refractivity (Wildman–Crippen MR) is 96.8 cm³/mol. The van der Waals surface area contributed by atoms with Crippen molar-refractivity contribution in [1.29, 1.82) is 0 Å². The first-order valence-corrected chi connectivity index (χ1v) is 9.90. The molecule has 1 amide bonds. The topological polar surface area (TPSA) is 75.7 Å². The third-order valence-electron chi connectivity index (χ3n) is 4.03. The second-order valence-electron chi connectivity index (χ2n) is 6.22. The third-order valence-corrected chi connectivity index (χ3v) is 5.21. The molecule has 0 aliphatic carbocycles. The van der Waals surface area contributed by atoms with Gasteiger partial charge in [0.05, 0.1) is 19.1 Å². The molecule has 6 nitrogen and oxygen atoms in total. The number of hydrogen-bond donors (Lipinski definition) is 1. The van der Waals surface area contributed by atoms with E-state index in [1.54, 1.807) is 38.3 Å². The quantitative estimate of drug-likeness (QED) is 0.776. The van der Waals surface area contributed by atoms with Crippen molar-refractivity contribution in [3.05, 3.63) is 24.3 Å². The van der Waals surface area contributed by atoms with Crippen LogP contribution in [0.15, 0.2) is 24.3 Å². The van der Waals surface area contributed by atoms with Gasteiger partial charge in [0.2, 0.25) is 15.9 Å². The number of nitrogens with one attached hydrogen (secondary N) is 1. The molecule has 1 rings (SSSR count). The van der Waals surface area contributed by atoms with Crippen molar-refractivity contribution in [1.82, 2.24) is 5.32 Å². The van der Waals surface area contributed by atoms with Gasteiger partial charge in [-0.2, -0.15) is 0 Å². The first kappa shape index (κ1) is 20.3. The summed E-state index contributed by atoms with van der Waals surface area (Å²) in [6.07, 6.45) is 1.48. The van der Waals surface area contributed by atoms with Crippen LogP contribution in [-0.4, -0.2) is 39.8 Å². The van der Waals surface area contributed by atoms with Crippen LogP contribution in [0.25, 0.3) is 0 Å². The Kier molecular flexibility index (Phi) is 7.08. The highest BCUT2D eigenvalue weighted by Crippen LogP contribution is 2.25. The number of ether oxygens (including phenoxy) is 1. The zero-order valence-electron chi connectivity index (χ0n) is 15.2. The van der Waals surface area contributed by atoms with Crippen molar-refractivity contribution < 1.29 is 17.9 Å². The molecule has 0 bridgehead atoms. The largest absolute Gasteiger partial charge is 0.497 e. The van der Waals surface area contributed by atoms with E-state index < -0.39 is 16.1 Å². The van der Waals surface area contributed by atoms with Gasteiger partial charge in [-0.15, -0.1) is 0 Å². The maximum Gasteiger partial charge on any atom is 0.244 e. The Balaban J connectivity index is 3.19. The molecule has 0 saturated heterocycles. The highest BCUT2D eigenvalue weighted by atomic mass is 32.2. The lowest BCUT2D eigenvalue weighted by molar-refractivity contribution is -0.123. The van der Waals surface area contributed by atoms with Crippen LogP contribution in [0.3, 0.4) is 0 Å². The molecule has 0 saturated carbocycles. The summed E-state index contributed by atoms with van der Waals surface area (Å²) in [7, 11) is -2.08. The number of anilines is 1. The Hall–Kier alpha value is -1.76. The standard InChI is InChI=1S/C17H28N2O4S/c1-7-16(17(20)18-13(4)12(2)3)19(24(6,21)22)14-8-10-15(23-5)11-9-14/h8-13,16H,7H2,1-6H3,(H,18,20)/t13-,16+/m0/s1. The summed E-state index contributed by atoms with van der Waals surface area (Å²) < 4.78 is 30.9. The Bertz CT molecular complexity index is 641. The average Bonchev–Trinajstić information content (AvgIpc) is 2.51. The van der Waals surface area contributed by atoms with Crippen molar-refractivity contribution in [3.63, 3.8) is 0 Å². The third kappa shape index (κ3) is 5.12. The molecule has 0 unspecified atom stereocenters. The number of carbonyl (C=O) groups excluding carboxylic acids is 1. The molecular weight excluding hydrogens is 328 g/mol. The minimum absolute atomic E-state index is 0.0381. The normalized spacial score (nSPS) is 14.1. The van der Waals surface area contributed by atoms with Gasteiger partial charge < -0.3 is 10.1 Å². The van der Waals surface area contributed by atoms with E-state index in [-0.39, 0.29) is 17.9 Å². The Morgan fingerprint density at radius 1 is 1.21 bits per heavy atom. The van der Waals surface area contributed by atoms with Gasteiger partial charge in [0.1, 0.15) is 11.8 Å². The Morgan fingerprint density at radius 2 is 1.75 bits per heavy atom. The molecule has 0 spiro atoms. The SMILES string of the molecule is CC[C@H](C(=O)N[C@@H](C)C(C)C)N(c1ccc(OC)cc1)S(C)(=O)=O. The maximum atomic E-state index is 12.6. The number of sulfonamides is 1. The van der Waals surface area contributed by atoms with E-state index in [9.17, 15) is 13.2 Å². The number of methoxy groups -OCH3 is 1.